The molecule has 19 heavy (non-hydrogen) atoms. The molecule has 0 aliphatic rings. The van der Waals surface area contributed by atoms with Gasteiger partial charge >= 0.3 is 0 Å². The van der Waals surface area contributed by atoms with Crippen LogP contribution in [0.25, 0.3) is 0 Å². The highest BCUT2D eigenvalue weighted by atomic mass is 127. The van der Waals surface area contributed by atoms with Crippen LogP contribution in [0.3, 0.4) is 0 Å². The van der Waals surface area contributed by atoms with Gasteiger partial charge in [-0.3, -0.25) is 4.79 Å². The van der Waals surface area contributed by atoms with Gasteiger partial charge in [0.1, 0.15) is 11.5 Å². The summed E-state index contributed by atoms with van der Waals surface area (Å²) in [5.74, 6) is 1.11. The van der Waals surface area contributed by atoms with Crippen LogP contribution in [0, 0.1) is 0 Å². The number of unbranched alkanes of at least 4 members (excludes halogenated alkanes) is 2. The van der Waals surface area contributed by atoms with Crippen molar-refractivity contribution in [1.29, 1.82) is 0 Å². The van der Waals surface area contributed by atoms with Gasteiger partial charge in [0, 0.05) is 12.6 Å². The van der Waals surface area contributed by atoms with Gasteiger partial charge in [-0.1, -0.05) is 29.0 Å². The summed E-state index contributed by atoms with van der Waals surface area (Å²) in [6, 6.07) is 5.19. The van der Waals surface area contributed by atoms with Gasteiger partial charge in [0.25, 0.3) is 5.91 Å². The topological polar surface area (TPSA) is 47.6 Å². The van der Waals surface area contributed by atoms with E-state index in [4.69, 9.17) is 9.47 Å². The Labute approximate surface area is 128 Å². The second kappa shape index (κ2) is 9.01. The smallest absolute Gasteiger partial charge is 0.255 e. The summed E-state index contributed by atoms with van der Waals surface area (Å²) in [7, 11) is 3.13. The Balaban J connectivity index is 2.56. The van der Waals surface area contributed by atoms with Gasteiger partial charge in [-0.25, -0.2) is 0 Å². The summed E-state index contributed by atoms with van der Waals surface area (Å²) < 4.78 is 11.5. The van der Waals surface area contributed by atoms with Crippen molar-refractivity contribution in [3.8, 4) is 11.5 Å². The van der Waals surface area contributed by atoms with Crippen LogP contribution in [-0.2, 0) is 0 Å². The molecule has 0 fully saturated rings. The highest BCUT2D eigenvalue weighted by Gasteiger charge is 2.12. The largest absolute Gasteiger partial charge is 0.497 e. The number of hydrogen-bond acceptors (Lipinski definition) is 3. The maximum absolute atomic E-state index is 12.0. The van der Waals surface area contributed by atoms with Crippen molar-refractivity contribution < 1.29 is 14.3 Å². The molecule has 0 saturated heterocycles. The Bertz CT molecular complexity index is 410. The van der Waals surface area contributed by atoms with Crippen LogP contribution in [0.4, 0.5) is 0 Å². The zero-order valence-electron chi connectivity index (χ0n) is 11.4. The summed E-state index contributed by atoms with van der Waals surface area (Å²) in [6.45, 7) is 0.699. The van der Waals surface area contributed by atoms with Crippen LogP contribution in [0.1, 0.15) is 29.6 Å². The highest BCUT2D eigenvalue weighted by molar-refractivity contribution is 14.1. The van der Waals surface area contributed by atoms with Crippen LogP contribution in [0.2, 0.25) is 0 Å². The molecular formula is C14H20INO3. The number of rotatable bonds is 8. The monoisotopic (exact) mass is 377 g/mol. The van der Waals surface area contributed by atoms with Crippen molar-refractivity contribution in [2.24, 2.45) is 0 Å². The molecule has 0 aliphatic heterocycles. The normalized spacial score (nSPS) is 10.1. The number of hydrogen-bond donors (Lipinski definition) is 1. The first-order valence-corrected chi connectivity index (χ1v) is 7.81. The molecule has 1 aromatic rings. The number of carbonyl (C=O) groups excluding carboxylic acids is 1. The molecule has 1 rings (SSSR count). The van der Waals surface area contributed by atoms with Gasteiger partial charge < -0.3 is 14.8 Å². The van der Waals surface area contributed by atoms with E-state index in [2.05, 4.69) is 27.9 Å². The molecule has 0 radical (unpaired) electrons. The number of methoxy groups -OCH3 is 2. The highest BCUT2D eigenvalue weighted by Crippen LogP contribution is 2.24. The summed E-state index contributed by atoms with van der Waals surface area (Å²) in [6.07, 6.45) is 3.35. The third kappa shape index (κ3) is 5.26. The summed E-state index contributed by atoms with van der Waals surface area (Å²) in [5, 5.41) is 2.91. The lowest BCUT2D eigenvalue weighted by Crippen LogP contribution is -2.24. The van der Waals surface area contributed by atoms with Gasteiger partial charge in [-0.2, -0.15) is 0 Å². The molecule has 4 nitrogen and oxygen atoms in total. The average Bonchev–Trinajstić information content (AvgIpc) is 2.46. The molecule has 0 unspecified atom stereocenters. The fourth-order valence-electron chi connectivity index (χ4n) is 1.68. The van der Waals surface area contributed by atoms with Gasteiger partial charge in [-0.05, 0) is 29.4 Å². The van der Waals surface area contributed by atoms with E-state index in [9.17, 15) is 4.79 Å². The van der Waals surface area contributed by atoms with Crippen molar-refractivity contribution in [3.05, 3.63) is 23.8 Å². The average molecular weight is 377 g/mol. The van der Waals surface area contributed by atoms with Gasteiger partial charge in [0.15, 0.2) is 0 Å². The summed E-state index contributed by atoms with van der Waals surface area (Å²) >= 11 is 2.36. The summed E-state index contributed by atoms with van der Waals surface area (Å²) in [5.41, 5.74) is 0.539. The fraction of sp³-hybridized carbons (Fsp3) is 0.500. The number of halogens is 1. The number of amides is 1. The Hall–Kier alpha value is -0.980. The Morgan fingerprint density at radius 3 is 2.63 bits per heavy atom. The zero-order chi connectivity index (χ0) is 14.1. The number of nitrogens with one attached hydrogen (secondary N) is 1. The van der Waals surface area contributed by atoms with Crippen LogP contribution in [-0.4, -0.2) is 31.1 Å². The molecule has 0 bridgehead atoms. The van der Waals surface area contributed by atoms with E-state index < -0.39 is 0 Å². The second-order valence-electron chi connectivity index (χ2n) is 4.07. The van der Waals surface area contributed by atoms with E-state index >= 15 is 0 Å². The fourth-order valence-corrected chi connectivity index (χ4v) is 2.22. The van der Waals surface area contributed by atoms with E-state index in [1.54, 1.807) is 32.4 Å². The van der Waals surface area contributed by atoms with E-state index in [-0.39, 0.29) is 5.91 Å². The van der Waals surface area contributed by atoms with Crippen molar-refractivity contribution >= 4 is 28.5 Å². The Kier molecular flexibility index (Phi) is 7.62. The first-order chi connectivity index (χ1) is 9.22. The molecule has 0 spiro atoms. The molecule has 0 saturated carbocycles. The maximum Gasteiger partial charge on any atom is 0.255 e. The first kappa shape index (κ1) is 16.1. The number of carbonyl (C=O) groups is 1. The van der Waals surface area contributed by atoms with E-state index in [1.807, 2.05) is 0 Å². The molecule has 0 aliphatic carbocycles. The number of alkyl halides is 1. The molecular weight excluding hydrogens is 357 g/mol. The minimum Gasteiger partial charge on any atom is -0.497 e. The summed E-state index contributed by atoms with van der Waals surface area (Å²) in [4.78, 5) is 12.0. The standard InChI is InChI=1S/C14H20INO3/c1-18-11-6-7-12(13(10-11)19-2)14(17)16-9-5-3-4-8-15/h6-7,10H,3-5,8-9H2,1-2H3,(H,16,17). The molecule has 1 N–H and O–H groups in total. The van der Waals surface area contributed by atoms with Gasteiger partial charge in [0.2, 0.25) is 0 Å². The van der Waals surface area contributed by atoms with Crippen molar-refractivity contribution in [2.75, 3.05) is 25.2 Å². The lowest BCUT2D eigenvalue weighted by atomic mass is 10.1. The zero-order valence-corrected chi connectivity index (χ0v) is 13.5. The second-order valence-corrected chi connectivity index (χ2v) is 5.15. The SMILES string of the molecule is COc1ccc(C(=O)NCCCCCI)c(OC)c1. The molecule has 0 heterocycles. The third-order valence-electron chi connectivity index (χ3n) is 2.75. The Morgan fingerprint density at radius 1 is 1.21 bits per heavy atom. The van der Waals surface area contributed by atoms with Crippen LogP contribution in [0.5, 0.6) is 11.5 Å². The number of benzene rings is 1. The van der Waals surface area contributed by atoms with Crippen LogP contribution >= 0.6 is 22.6 Å². The lowest BCUT2D eigenvalue weighted by molar-refractivity contribution is 0.0950. The van der Waals surface area contributed by atoms with Crippen LogP contribution in [0.15, 0.2) is 18.2 Å². The minimum absolute atomic E-state index is 0.103. The molecule has 1 aromatic carbocycles. The molecule has 1 amide bonds. The third-order valence-corrected chi connectivity index (χ3v) is 3.51. The van der Waals surface area contributed by atoms with Crippen LogP contribution < -0.4 is 14.8 Å². The Morgan fingerprint density at radius 2 is 2.00 bits per heavy atom. The van der Waals surface area contributed by atoms with Crippen molar-refractivity contribution in [3.63, 3.8) is 0 Å². The minimum atomic E-state index is -0.103. The van der Waals surface area contributed by atoms with E-state index in [1.165, 1.54) is 6.42 Å². The quantitative estimate of drug-likeness (QED) is 0.431. The first-order valence-electron chi connectivity index (χ1n) is 6.29. The lowest BCUT2D eigenvalue weighted by Gasteiger charge is -2.10. The van der Waals surface area contributed by atoms with E-state index in [0.29, 0.717) is 23.6 Å². The van der Waals surface area contributed by atoms with Crippen molar-refractivity contribution in [2.45, 2.75) is 19.3 Å². The maximum atomic E-state index is 12.0. The molecule has 106 valence electrons. The molecule has 5 heteroatoms. The van der Waals surface area contributed by atoms with Crippen molar-refractivity contribution in [1.82, 2.24) is 5.32 Å². The van der Waals surface area contributed by atoms with E-state index in [0.717, 1.165) is 17.3 Å². The van der Waals surface area contributed by atoms with Gasteiger partial charge in [-0.15, -0.1) is 0 Å². The molecule has 0 aromatic heterocycles. The number of ether oxygens (including phenoxy) is 2. The molecule has 0 atom stereocenters. The predicted molar refractivity (Wildman–Crippen MR) is 84.6 cm³/mol. The van der Waals surface area contributed by atoms with Gasteiger partial charge in [0.05, 0.1) is 19.8 Å². The predicted octanol–water partition coefficient (Wildman–Crippen LogP) is 3.04.